The van der Waals surface area contributed by atoms with Crippen LogP contribution in [-0.4, -0.2) is 18.2 Å². The van der Waals surface area contributed by atoms with E-state index in [-0.39, 0.29) is 16.3 Å². The number of hydrogen-bond donors (Lipinski definition) is 1. The number of hydrogen-bond acceptors (Lipinski definition) is 4. The monoisotopic (exact) mass is 354 g/mol. The van der Waals surface area contributed by atoms with Crippen LogP contribution < -0.4 is 10.5 Å². The zero-order valence-electron chi connectivity index (χ0n) is 10.8. The van der Waals surface area contributed by atoms with Gasteiger partial charge >= 0.3 is 5.38 Å². The van der Waals surface area contributed by atoms with Gasteiger partial charge in [-0.2, -0.15) is 8.78 Å². The van der Waals surface area contributed by atoms with E-state index in [1.54, 1.807) is 0 Å². The first-order valence-electron chi connectivity index (χ1n) is 5.57. The fourth-order valence-corrected chi connectivity index (χ4v) is 2.12. The number of methoxy groups -OCH3 is 1. The second kappa shape index (κ2) is 5.69. The second-order valence-corrected chi connectivity index (χ2v) is 4.95. The van der Waals surface area contributed by atoms with E-state index >= 15 is 0 Å². The maximum Gasteiger partial charge on any atom is 0.383 e. The van der Waals surface area contributed by atoms with Crippen molar-refractivity contribution in [1.82, 2.24) is 5.16 Å². The summed E-state index contributed by atoms with van der Waals surface area (Å²) in [6, 6.07) is 1.94. The van der Waals surface area contributed by atoms with Crippen LogP contribution in [0.5, 0.6) is 5.75 Å². The third-order valence-corrected chi connectivity index (χ3v) is 3.16. The predicted molar refractivity (Wildman–Crippen MR) is 71.7 cm³/mol. The van der Waals surface area contributed by atoms with Gasteiger partial charge in [-0.15, -0.1) is 0 Å². The molecule has 2 aromatic rings. The first-order chi connectivity index (χ1) is 10.2. The van der Waals surface area contributed by atoms with Crippen LogP contribution in [0.25, 0.3) is 11.3 Å². The summed E-state index contributed by atoms with van der Waals surface area (Å²) in [6.45, 7) is 0. The molecule has 0 bridgehead atoms. The van der Waals surface area contributed by atoms with E-state index in [0.29, 0.717) is 0 Å². The minimum Gasteiger partial charge on any atom is -0.495 e. The van der Waals surface area contributed by atoms with Crippen LogP contribution in [0.15, 0.2) is 16.7 Å². The zero-order chi connectivity index (χ0) is 16.7. The fourth-order valence-electron chi connectivity index (χ4n) is 1.76. The average Bonchev–Trinajstić information content (AvgIpc) is 2.83. The third kappa shape index (κ3) is 2.84. The number of ether oxygens (including phenoxy) is 1. The van der Waals surface area contributed by atoms with Gasteiger partial charge in [0.05, 0.1) is 12.1 Å². The summed E-state index contributed by atoms with van der Waals surface area (Å²) in [5.41, 5.74) is 3.32. The zero-order valence-corrected chi connectivity index (χ0v) is 12.3. The van der Waals surface area contributed by atoms with Crippen molar-refractivity contribution in [2.45, 2.75) is 5.38 Å². The molecular weight excluding hydrogens is 348 g/mol. The maximum absolute atomic E-state index is 14.0. The van der Waals surface area contributed by atoms with Gasteiger partial charge in [-0.3, -0.25) is 4.79 Å². The van der Waals surface area contributed by atoms with Crippen molar-refractivity contribution in [2.75, 3.05) is 7.11 Å². The van der Waals surface area contributed by atoms with Crippen LogP contribution in [0.4, 0.5) is 13.2 Å². The van der Waals surface area contributed by atoms with Gasteiger partial charge in [0, 0.05) is 5.56 Å². The number of aromatic nitrogens is 1. The molecule has 0 unspecified atom stereocenters. The van der Waals surface area contributed by atoms with Crippen LogP contribution in [0.2, 0.25) is 5.02 Å². The summed E-state index contributed by atoms with van der Waals surface area (Å²) in [5.74, 6) is -3.48. The number of alkyl halides is 3. The lowest BCUT2D eigenvalue weighted by Crippen LogP contribution is -2.17. The predicted octanol–water partition coefficient (Wildman–Crippen LogP) is 3.53. The molecule has 2 rings (SSSR count). The summed E-state index contributed by atoms with van der Waals surface area (Å²) >= 11 is 10.5. The topological polar surface area (TPSA) is 78.3 Å². The van der Waals surface area contributed by atoms with Crippen molar-refractivity contribution in [3.05, 3.63) is 34.3 Å². The average molecular weight is 355 g/mol. The fraction of sp³-hybridized carbons (Fsp3) is 0.167. The van der Waals surface area contributed by atoms with Gasteiger partial charge < -0.3 is 15.0 Å². The van der Waals surface area contributed by atoms with Gasteiger partial charge in [-0.1, -0.05) is 16.8 Å². The van der Waals surface area contributed by atoms with Gasteiger partial charge in [0.15, 0.2) is 0 Å². The highest BCUT2D eigenvalue weighted by atomic mass is 35.5. The molecule has 0 aliphatic rings. The number of amides is 1. The molecule has 1 amide bonds. The molecule has 1 aromatic heterocycles. The smallest absolute Gasteiger partial charge is 0.383 e. The highest BCUT2D eigenvalue weighted by molar-refractivity contribution is 6.32. The lowest BCUT2D eigenvalue weighted by molar-refractivity contribution is 0.0587. The van der Waals surface area contributed by atoms with Gasteiger partial charge in [0.2, 0.25) is 5.76 Å². The summed E-state index contributed by atoms with van der Waals surface area (Å²) < 4.78 is 49.7. The van der Waals surface area contributed by atoms with Crippen molar-refractivity contribution >= 4 is 29.1 Å². The largest absolute Gasteiger partial charge is 0.495 e. The summed E-state index contributed by atoms with van der Waals surface area (Å²) in [6.07, 6.45) is 0. The molecule has 0 radical (unpaired) electrons. The van der Waals surface area contributed by atoms with Gasteiger partial charge in [-0.05, 0) is 23.7 Å². The highest BCUT2D eigenvalue weighted by Gasteiger charge is 2.40. The van der Waals surface area contributed by atoms with Crippen LogP contribution in [0.3, 0.4) is 0 Å². The Kier molecular flexibility index (Phi) is 4.25. The minimum atomic E-state index is -4.04. The molecule has 118 valence electrons. The maximum atomic E-state index is 14.0. The Bertz CT molecular complexity index is 744. The Morgan fingerprint density at radius 2 is 2.09 bits per heavy atom. The lowest BCUT2D eigenvalue weighted by atomic mass is 10.0. The van der Waals surface area contributed by atoms with E-state index < -0.39 is 34.1 Å². The summed E-state index contributed by atoms with van der Waals surface area (Å²) in [4.78, 5) is 11.4. The number of nitrogens with zero attached hydrogens (tertiary/aromatic N) is 1. The molecular formula is C12H7Cl2F3N2O3. The van der Waals surface area contributed by atoms with E-state index in [1.807, 2.05) is 0 Å². The minimum absolute atomic E-state index is 0.0377. The molecule has 0 atom stereocenters. The van der Waals surface area contributed by atoms with E-state index in [2.05, 4.69) is 9.68 Å². The summed E-state index contributed by atoms with van der Waals surface area (Å²) in [5, 5.41) is -0.837. The Morgan fingerprint density at radius 3 is 2.59 bits per heavy atom. The Labute approximate surface area is 131 Å². The van der Waals surface area contributed by atoms with E-state index in [4.69, 9.17) is 33.7 Å². The number of benzene rings is 1. The molecule has 1 aromatic carbocycles. The van der Waals surface area contributed by atoms with Crippen molar-refractivity contribution in [3.63, 3.8) is 0 Å². The first kappa shape index (κ1) is 16.4. The molecule has 1 heterocycles. The van der Waals surface area contributed by atoms with Crippen molar-refractivity contribution in [3.8, 4) is 17.0 Å². The number of rotatable bonds is 4. The second-order valence-electron chi connectivity index (χ2n) is 4.06. The molecule has 0 saturated heterocycles. The molecule has 2 N–H and O–H groups in total. The van der Waals surface area contributed by atoms with Crippen LogP contribution >= 0.6 is 23.2 Å². The third-order valence-electron chi connectivity index (χ3n) is 2.69. The normalized spacial score (nSPS) is 11.5. The Hall–Kier alpha value is -1.93. The van der Waals surface area contributed by atoms with Crippen molar-refractivity contribution < 1.29 is 27.2 Å². The molecule has 5 nitrogen and oxygen atoms in total. The van der Waals surface area contributed by atoms with Gasteiger partial charge in [-0.25, -0.2) is 4.39 Å². The number of nitrogens with two attached hydrogens (primary N) is 1. The quantitative estimate of drug-likeness (QED) is 0.851. The van der Waals surface area contributed by atoms with Crippen LogP contribution in [0, 0.1) is 5.82 Å². The molecule has 10 heteroatoms. The molecule has 0 saturated carbocycles. The van der Waals surface area contributed by atoms with Crippen LogP contribution in [-0.2, 0) is 5.38 Å². The Balaban J connectivity index is 2.74. The number of carbonyl (C=O) groups excluding carboxylic acids is 1. The van der Waals surface area contributed by atoms with Crippen LogP contribution in [0.1, 0.15) is 16.1 Å². The van der Waals surface area contributed by atoms with Gasteiger partial charge in [0.1, 0.15) is 22.8 Å². The number of carbonyl (C=O) groups is 1. The first-order valence-corrected chi connectivity index (χ1v) is 6.32. The van der Waals surface area contributed by atoms with E-state index in [1.165, 1.54) is 7.11 Å². The summed E-state index contributed by atoms with van der Waals surface area (Å²) in [7, 11) is 1.26. The standard InChI is InChI=1S/C12H7Cl2F3N2O3/c1-21-7-2-4(6(15)3-5(7)13)9-8(11(18)20)10(22-19-9)12(14,16)17/h2-3H,1H3,(H2,18,20). The van der Waals surface area contributed by atoms with E-state index in [0.717, 1.165) is 12.1 Å². The molecule has 0 aliphatic carbocycles. The lowest BCUT2D eigenvalue weighted by Gasteiger charge is -2.08. The molecule has 0 aliphatic heterocycles. The molecule has 0 spiro atoms. The van der Waals surface area contributed by atoms with Gasteiger partial charge in [0.25, 0.3) is 5.91 Å². The van der Waals surface area contributed by atoms with E-state index in [9.17, 15) is 18.0 Å². The number of primary amides is 1. The Morgan fingerprint density at radius 1 is 1.45 bits per heavy atom. The number of halogens is 5. The van der Waals surface area contributed by atoms with Crippen molar-refractivity contribution in [2.24, 2.45) is 5.73 Å². The van der Waals surface area contributed by atoms with Crippen molar-refractivity contribution in [1.29, 1.82) is 0 Å². The molecule has 22 heavy (non-hydrogen) atoms. The highest BCUT2D eigenvalue weighted by Crippen LogP contribution is 2.40. The SMILES string of the molecule is COc1cc(-c2noc(C(F)(F)Cl)c2C(N)=O)c(F)cc1Cl. The molecule has 0 fully saturated rings.